The van der Waals surface area contributed by atoms with Gasteiger partial charge in [-0.15, -0.1) is 0 Å². The van der Waals surface area contributed by atoms with Crippen molar-refractivity contribution in [2.24, 2.45) is 0 Å². The molecule has 0 amide bonds. The minimum absolute atomic E-state index is 0.0244. The highest BCUT2D eigenvalue weighted by Crippen LogP contribution is 2.26. The third-order valence-electron chi connectivity index (χ3n) is 4.25. The van der Waals surface area contributed by atoms with Gasteiger partial charge in [0.05, 0.1) is 25.0 Å². The molecule has 0 aromatic carbocycles. The summed E-state index contributed by atoms with van der Waals surface area (Å²) in [6.07, 6.45) is -16.6. The zero-order valence-electron chi connectivity index (χ0n) is 15.9. The number of carbonyl (C=O) groups excluding carboxylic acids is 1. The second-order valence-corrected chi connectivity index (χ2v) is 6.65. The van der Waals surface area contributed by atoms with Crippen molar-refractivity contribution in [2.45, 2.75) is 88.1 Å². The predicted molar refractivity (Wildman–Crippen MR) is 87.7 cm³/mol. The summed E-state index contributed by atoms with van der Waals surface area (Å²) in [5, 5.41) is 19.5. The predicted octanol–water partition coefficient (Wildman–Crippen LogP) is 3.55. The summed E-state index contributed by atoms with van der Waals surface area (Å²) >= 11 is 0. The van der Waals surface area contributed by atoms with Gasteiger partial charge >= 0.3 is 12.4 Å². The summed E-state index contributed by atoms with van der Waals surface area (Å²) < 4.78 is 83.3. The van der Waals surface area contributed by atoms with Gasteiger partial charge in [-0.3, -0.25) is 4.79 Å². The SMILES string of the molecule is COC(CCCC(O)C(=O)C(O)CCCC(CC(F)(F)F)OC)CC(F)(F)F. The number of aliphatic hydroxyl groups is 2. The lowest BCUT2D eigenvalue weighted by atomic mass is 9.98. The average molecular weight is 426 g/mol. The Balaban J connectivity index is 4.23. The van der Waals surface area contributed by atoms with Gasteiger partial charge < -0.3 is 19.7 Å². The lowest BCUT2D eigenvalue weighted by Gasteiger charge is -2.19. The van der Waals surface area contributed by atoms with Gasteiger partial charge in [-0.1, -0.05) is 0 Å². The summed E-state index contributed by atoms with van der Waals surface area (Å²) in [4.78, 5) is 11.9. The molecule has 0 heterocycles. The molecule has 11 heteroatoms. The lowest BCUT2D eigenvalue weighted by molar-refractivity contribution is -0.159. The number of ketones is 1. The van der Waals surface area contributed by atoms with Crippen molar-refractivity contribution in [1.82, 2.24) is 0 Å². The van der Waals surface area contributed by atoms with Crippen LogP contribution in [0.2, 0.25) is 0 Å². The molecule has 28 heavy (non-hydrogen) atoms. The maximum Gasteiger partial charge on any atom is 0.391 e. The van der Waals surface area contributed by atoms with Crippen LogP contribution in [0.1, 0.15) is 51.4 Å². The Labute approximate surface area is 160 Å². The molecule has 0 aliphatic heterocycles. The van der Waals surface area contributed by atoms with Crippen molar-refractivity contribution >= 4 is 5.78 Å². The Hall–Kier alpha value is -0.910. The molecule has 0 rings (SSSR count). The smallest absolute Gasteiger partial charge is 0.385 e. The third-order valence-corrected chi connectivity index (χ3v) is 4.25. The average Bonchev–Trinajstić information content (AvgIpc) is 2.56. The van der Waals surface area contributed by atoms with E-state index in [0.717, 1.165) is 14.2 Å². The van der Waals surface area contributed by atoms with Gasteiger partial charge in [-0.25, -0.2) is 0 Å². The third kappa shape index (κ3) is 13.3. The van der Waals surface area contributed by atoms with Gasteiger partial charge in [0.1, 0.15) is 12.2 Å². The van der Waals surface area contributed by atoms with Crippen molar-refractivity contribution in [2.75, 3.05) is 14.2 Å². The second kappa shape index (κ2) is 12.6. The Morgan fingerprint density at radius 3 is 1.32 bits per heavy atom. The zero-order valence-corrected chi connectivity index (χ0v) is 15.9. The molecule has 2 N–H and O–H groups in total. The number of rotatable bonds is 14. The number of Topliss-reactive ketones (excluding diaryl/α,β-unsaturated/α-hetero) is 1. The molecule has 0 saturated heterocycles. The first-order valence-electron chi connectivity index (χ1n) is 8.88. The first-order chi connectivity index (χ1) is 12.8. The quantitative estimate of drug-likeness (QED) is 0.416. The topological polar surface area (TPSA) is 76.0 Å². The van der Waals surface area contributed by atoms with E-state index in [4.69, 9.17) is 9.47 Å². The molecule has 0 spiro atoms. The highest BCUT2D eigenvalue weighted by molar-refractivity contribution is 5.86. The number of aliphatic hydroxyl groups excluding tert-OH is 2. The molecule has 0 aliphatic rings. The number of carbonyl (C=O) groups is 1. The summed E-state index contributed by atoms with van der Waals surface area (Å²) in [6, 6.07) is 0. The van der Waals surface area contributed by atoms with E-state index >= 15 is 0 Å². The van der Waals surface area contributed by atoms with Gasteiger partial charge in [0.2, 0.25) is 0 Å². The normalized spacial score (nSPS) is 17.2. The van der Waals surface area contributed by atoms with Gasteiger partial charge in [0.25, 0.3) is 0 Å². The second-order valence-electron chi connectivity index (χ2n) is 6.65. The first kappa shape index (κ1) is 27.1. The van der Waals surface area contributed by atoms with E-state index in [1.165, 1.54) is 0 Å². The molecule has 0 radical (unpaired) electrons. The van der Waals surface area contributed by atoms with Crippen LogP contribution < -0.4 is 0 Å². The van der Waals surface area contributed by atoms with Crippen LogP contribution in [0.15, 0.2) is 0 Å². The van der Waals surface area contributed by atoms with Gasteiger partial charge in [0, 0.05) is 14.2 Å². The fourth-order valence-electron chi connectivity index (χ4n) is 2.71. The van der Waals surface area contributed by atoms with E-state index in [9.17, 15) is 41.4 Å². The summed E-state index contributed by atoms with van der Waals surface area (Å²) in [7, 11) is 2.27. The molecule has 0 bridgehead atoms. The van der Waals surface area contributed by atoms with E-state index in [2.05, 4.69) is 0 Å². The van der Waals surface area contributed by atoms with E-state index < -0.39 is 55.4 Å². The number of ether oxygens (including phenoxy) is 2. The highest BCUT2D eigenvalue weighted by Gasteiger charge is 2.33. The molecule has 0 aliphatic carbocycles. The monoisotopic (exact) mass is 426 g/mol. The van der Waals surface area contributed by atoms with Crippen LogP contribution in [0.3, 0.4) is 0 Å². The summed E-state index contributed by atoms with van der Waals surface area (Å²) in [5.41, 5.74) is 0. The van der Waals surface area contributed by atoms with Gasteiger partial charge in [0.15, 0.2) is 5.78 Å². The Bertz CT molecular complexity index is 403. The van der Waals surface area contributed by atoms with Crippen LogP contribution in [-0.4, -0.2) is 67.0 Å². The van der Waals surface area contributed by atoms with Gasteiger partial charge in [-0.05, 0) is 38.5 Å². The van der Waals surface area contributed by atoms with E-state index in [0.29, 0.717) is 0 Å². The number of methoxy groups -OCH3 is 2. The minimum atomic E-state index is -4.39. The molecular formula is C17H28F6O5. The standard InChI is InChI=1S/C17H28F6O5/c1-27-11(9-16(18,19)20)5-3-7-13(24)15(26)14(25)8-4-6-12(28-2)10-17(21,22)23/h11-14,24-25H,3-10H2,1-2H3. The molecule has 0 aromatic heterocycles. The fraction of sp³-hybridized carbons (Fsp3) is 0.941. The Kier molecular flexibility index (Phi) is 12.2. The maximum absolute atomic E-state index is 12.3. The number of halogens is 6. The highest BCUT2D eigenvalue weighted by atomic mass is 19.4. The molecule has 0 fully saturated rings. The fourth-order valence-corrected chi connectivity index (χ4v) is 2.71. The van der Waals surface area contributed by atoms with Crippen LogP contribution in [0.25, 0.3) is 0 Å². The van der Waals surface area contributed by atoms with Crippen molar-refractivity contribution < 1.29 is 50.8 Å². The molecule has 4 unspecified atom stereocenters. The van der Waals surface area contributed by atoms with Crippen LogP contribution in [0.5, 0.6) is 0 Å². The van der Waals surface area contributed by atoms with E-state index in [-0.39, 0.29) is 38.5 Å². The number of hydrogen-bond acceptors (Lipinski definition) is 5. The van der Waals surface area contributed by atoms with E-state index in [1.54, 1.807) is 0 Å². The van der Waals surface area contributed by atoms with Gasteiger partial charge in [-0.2, -0.15) is 26.3 Å². The largest absolute Gasteiger partial charge is 0.391 e. The van der Waals surface area contributed by atoms with Crippen molar-refractivity contribution in [3.05, 3.63) is 0 Å². The van der Waals surface area contributed by atoms with Crippen molar-refractivity contribution in [3.63, 3.8) is 0 Å². The molecule has 5 nitrogen and oxygen atoms in total. The van der Waals surface area contributed by atoms with Crippen molar-refractivity contribution in [3.8, 4) is 0 Å². The van der Waals surface area contributed by atoms with Crippen LogP contribution in [0, 0.1) is 0 Å². The first-order valence-corrected chi connectivity index (χ1v) is 8.88. The Morgan fingerprint density at radius 2 is 1.07 bits per heavy atom. The van der Waals surface area contributed by atoms with Crippen LogP contribution in [-0.2, 0) is 14.3 Å². The number of alkyl halides is 6. The van der Waals surface area contributed by atoms with Crippen LogP contribution in [0.4, 0.5) is 26.3 Å². The zero-order chi connectivity index (χ0) is 22.0. The molecule has 168 valence electrons. The van der Waals surface area contributed by atoms with Crippen LogP contribution >= 0.6 is 0 Å². The molecule has 0 saturated carbocycles. The van der Waals surface area contributed by atoms with E-state index in [1.807, 2.05) is 0 Å². The number of hydrogen-bond donors (Lipinski definition) is 2. The van der Waals surface area contributed by atoms with Crippen molar-refractivity contribution in [1.29, 1.82) is 0 Å². The molecular weight excluding hydrogens is 398 g/mol. The Morgan fingerprint density at radius 1 is 0.750 bits per heavy atom. The summed E-state index contributed by atoms with van der Waals surface area (Å²) in [5.74, 6) is -0.908. The lowest BCUT2D eigenvalue weighted by Crippen LogP contribution is -2.32. The molecule has 4 atom stereocenters. The maximum atomic E-state index is 12.3. The summed E-state index contributed by atoms with van der Waals surface area (Å²) in [6.45, 7) is 0. The minimum Gasteiger partial charge on any atom is -0.385 e. The molecule has 0 aromatic rings.